The van der Waals surface area contributed by atoms with Crippen LogP contribution in [0.3, 0.4) is 0 Å². The van der Waals surface area contributed by atoms with E-state index in [1.807, 2.05) is 20.8 Å². The molecule has 46 heavy (non-hydrogen) atoms. The summed E-state index contributed by atoms with van der Waals surface area (Å²) in [4.78, 5) is 16.2. The van der Waals surface area contributed by atoms with Crippen molar-refractivity contribution < 1.29 is 9.26 Å². The Morgan fingerprint density at radius 1 is 0.957 bits per heavy atom. The van der Waals surface area contributed by atoms with Gasteiger partial charge in [-0.2, -0.15) is 0 Å². The Morgan fingerprint density at radius 3 is 2.48 bits per heavy atom. The van der Waals surface area contributed by atoms with Crippen molar-refractivity contribution in [3.8, 4) is 28.1 Å². The molecule has 6 aromatic rings. The summed E-state index contributed by atoms with van der Waals surface area (Å²) in [6.45, 7) is 16.3. The third kappa shape index (κ3) is 5.45. The quantitative estimate of drug-likeness (QED) is 0.193. The molecule has 1 aliphatic heterocycles. The standard InChI is InChI=1S/C39H45N5O2/c1-22(2)18-27-15-17-44(16-14-23(27)3)21-28-12-13-31(30-11-9-8-10-29(28)30)38-37-32-20-35(45-7)33(36-24(4)43-46-25(36)5)19-34(32)42-39(37)41-26(6)40-38/h8-13,19-20,22-23,27H,14-18,21H2,1-7H3,(H,40,41,42). The molecule has 7 heteroatoms. The highest BCUT2D eigenvalue weighted by molar-refractivity contribution is 6.16. The van der Waals surface area contributed by atoms with Gasteiger partial charge in [-0.3, -0.25) is 4.90 Å². The Kier molecular flexibility index (Phi) is 8.05. The number of benzene rings is 3. The number of aromatic nitrogens is 4. The normalized spacial score (nSPS) is 17.8. The van der Waals surface area contributed by atoms with Gasteiger partial charge in [-0.25, -0.2) is 9.97 Å². The number of ether oxygens (including phenoxy) is 1. The van der Waals surface area contributed by atoms with Crippen LogP contribution in [0.5, 0.6) is 5.75 Å². The second-order valence-electron chi connectivity index (χ2n) is 13.8. The second kappa shape index (κ2) is 12.2. The molecule has 3 aromatic carbocycles. The van der Waals surface area contributed by atoms with Crippen LogP contribution < -0.4 is 4.74 Å². The van der Waals surface area contributed by atoms with Gasteiger partial charge < -0.3 is 14.2 Å². The van der Waals surface area contributed by atoms with E-state index in [0.717, 1.165) is 105 Å². The summed E-state index contributed by atoms with van der Waals surface area (Å²) in [5, 5.41) is 8.72. The molecule has 7 rings (SSSR count). The number of likely N-dealkylation sites (tertiary alicyclic amines) is 1. The average molecular weight is 616 g/mol. The fourth-order valence-electron chi connectivity index (χ4n) is 7.79. The first-order chi connectivity index (χ1) is 22.2. The number of hydrogen-bond acceptors (Lipinski definition) is 6. The fraction of sp³-hybridized carbons (Fsp3) is 0.410. The van der Waals surface area contributed by atoms with E-state index >= 15 is 0 Å². The Bertz CT molecular complexity index is 2040. The third-order valence-electron chi connectivity index (χ3n) is 10.1. The van der Waals surface area contributed by atoms with Crippen molar-refractivity contribution in [3.63, 3.8) is 0 Å². The molecular weight excluding hydrogens is 570 g/mol. The minimum Gasteiger partial charge on any atom is -0.496 e. The van der Waals surface area contributed by atoms with Crippen molar-refractivity contribution in [2.75, 3.05) is 20.2 Å². The van der Waals surface area contributed by atoms with Crippen LogP contribution in [0.15, 0.2) is 53.1 Å². The van der Waals surface area contributed by atoms with E-state index in [0.29, 0.717) is 0 Å². The Labute approximate surface area is 271 Å². The highest BCUT2D eigenvalue weighted by Crippen LogP contribution is 2.42. The minimum absolute atomic E-state index is 0.731. The van der Waals surface area contributed by atoms with Crippen LogP contribution in [0.1, 0.15) is 62.9 Å². The first kappa shape index (κ1) is 30.4. The van der Waals surface area contributed by atoms with E-state index in [-0.39, 0.29) is 0 Å². The zero-order valence-corrected chi connectivity index (χ0v) is 28.2. The number of hydrogen-bond donors (Lipinski definition) is 1. The summed E-state index contributed by atoms with van der Waals surface area (Å²) in [5.41, 5.74) is 7.94. The van der Waals surface area contributed by atoms with Crippen LogP contribution in [0.4, 0.5) is 0 Å². The molecule has 0 aliphatic carbocycles. The summed E-state index contributed by atoms with van der Waals surface area (Å²) in [7, 11) is 1.71. The second-order valence-corrected chi connectivity index (χ2v) is 13.8. The van der Waals surface area contributed by atoms with E-state index < -0.39 is 0 Å². The van der Waals surface area contributed by atoms with E-state index in [4.69, 9.17) is 19.2 Å². The third-order valence-corrected chi connectivity index (χ3v) is 10.1. The van der Waals surface area contributed by atoms with Gasteiger partial charge in [0.05, 0.1) is 29.4 Å². The predicted octanol–water partition coefficient (Wildman–Crippen LogP) is 9.41. The lowest BCUT2D eigenvalue weighted by atomic mass is 9.83. The lowest BCUT2D eigenvalue weighted by molar-refractivity contribution is 0.268. The molecule has 1 aliphatic rings. The van der Waals surface area contributed by atoms with Gasteiger partial charge in [-0.1, -0.05) is 62.3 Å². The van der Waals surface area contributed by atoms with E-state index in [1.165, 1.54) is 35.6 Å². The molecule has 3 aromatic heterocycles. The molecule has 7 nitrogen and oxygen atoms in total. The van der Waals surface area contributed by atoms with Gasteiger partial charge in [0, 0.05) is 28.6 Å². The van der Waals surface area contributed by atoms with Crippen LogP contribution in [-0.4, -0.2) is 45.2 Å². The highest BCUT2D eigenvalue weighted by atomic mass is 16.5. The smallest absolute Gasteiger partial charge is 0.142 e. The zero-order chi connectivity index (χ0) is 32.1. The maximum absolute atomic E-state index is 5.94. The van der Waals surface area contributed by atoms with Gasteiger partial charge in [0.15, 0.2) is 0 Å². The summed E-state index contributed by atoms with van der Waals surface area (Å²) < 4.78 is 11.4. The average Bonchev–Trinajstić information content (AvgIpc) is 3.51. The zero-order valence-electron chi connectivity index (χ0n) is 28.2. The number of aromatic amines is 1. The van der Waals surface area contributed by atoms with Gasteiger partial charge in [0.2, 0.25) is 0 Å². The lowest BCUT2D eigenvalue weighted by Gasteiger charge is -2.23. The lowest BCUT2D eigenvalue weighted by Crippen LogP contribution is -2.24. The van der Waals surface area contributed by atoms with Crippen molar-refractivity contribution in [2.24, 2.45) is 17.8 Å². The summed E-state index contributed by atoms with van der Waals surface area (Å²) in [6.07, 6.45) is 3.89. The van der Waals surface area contributed by atoms with Crippen LogP contribution in [0.2, 0.25) is 0 Å². The van der Waals surface area contributed by atoms with Crippen molar-refractivity contribution in [1.82, 2.24) is 25.0 Å². The largest absolute Gasteiger partial charge is 0.496 e. The molecule has 0 spiro atoms. The molecule has 0 radical (unpaired) electrons. The van der Waals surface area contributed by atoms with Crippen molar-refractivity contribution in [2.45, 2.75) is 67.3 Å². The molecule has 2 atom stereocenters. The molecule has 1 fully saturated rings. The monoisotopic (exact) mass is 615 g/mol. The maximum Gasteiger partial charge on any atom is 0.142 e. The Hall–Kier alpha value is -4.23. The Balaban J connectivity index is 1.32. The van der Waals surface area contributed by atoms with Crippen molar-refractivity contribution in [1.29, 1.82) is 0 Å². The molecule has 0 bridgehead atoms. The number of H-pyrrole nitrogens is 1. The fourth-order valence-corrected chi connectivity index (χ4v) is 7.79. The van der Waals surface area contributed by atoms with Crippen LogP contribution >= 0.6 is 0 Å². The van der Waals surface area contributed by atoms with Crippen molar-refractivity contribution >= 4 is 32.7 Å². The van der Waals surface area contributed by atoms with Crippen molar-refractivity contribution in [3.05, 3.63) is 71.4 Å². The number of rotatable bonds is 7. The van der Waals surface area contributed by atoms with E-state index in [1.54, 1.807) is 7.11 Å². The minimum atomic E-state index is 0.731. The Morgan fingerprint density at radius 2 is 1.74 bits per heavy atom. The first-order valence-corrected chi connectivity index (χ1v) is 16.8. The molecule has 2 unspecified atom stereocenters. The van der Waals surface area contributed by atoms with Crippen LogP contribution in [0, 0.1) is 38.5 Å². The molecule has 1 N–H and O–H groups in total. The van der Waals surface area contributed by atoms with Gasteiger partial charge >= 0.3 is 0 Å². The number of methoxy groups -OCH3 is 1. The molecule has 1 saturated heterocycles. The highest BCUT2D eigenvalue weighted by Gasteiger charge is 2.25. The first-order valence-electron chi connectivity index (χ1n) is 16.8. The van der Waals surface area contributed by atoms with Crippen LogP contribution in [0.25, 0.3) is 55.1 Å². The summed E-state index contributed by atoms with van der Waals surface area (Å²) >= 11 is 0. The predicted molar refractivity (Wildman–Crippen MR) is 187 cm³/mol. The molecule has 0 saturated carbocycles. The molecular formula is C39H45N5O2. The van der Waals surface area contributed by atoms with Gasteiger partial charge in [0.25, 0.3) is 0 Å². The van der Waals surface area contributed by atoms with Gasteiger partial charge in [-0.15, -0.1) is 0 Å². The van der Waals surface area contributed by atoms with Crippen LogP contribution in [-0.2, 0) is 6.54 Å². The summed E-state index contributed by atoms with van der Waals surface area (Å²) in [5.74, 6) is 4.62. The molecule has 4 heterocycles. The molecule has 0 amide bonds. The number of nitrogens with zero attached hydrogens (tertiary/aromatic N) is 4. The summed E-state index contributed by atoms with van der Waals surface area (Å²) in [6, 6.07) is 17.6. The maximum atomic E-state index is 5.94. The number of fused-ring (bicyclic) bond motifs is 4. The number of aryl methyl sites for hydroxylation is 3. The van der Waals surface area contributed by atoms with E-state index in [2.05, 4.69) is 84.3 Å². The van der Waals surface area contributed by atoms with Gasteiger partial charge in [-0.05, 0) is 99.3 Å². The van der Waals surface area contributed by atoms with E-state index in [9.17, 15) is 0 Å². The number of nitrogens with one attached hydrogen (secondary N) is 1. The SMILES string of the molecule is COc1cc2c(cc1-c1c(C)noc1C)[nH]c1nc(C)nc(-c3ccc(CN4CCC(C)C(CC(C)C)CC4)c4ccccc34)c12. The molecule has 238 valence electrons. The topological polar surface area (TPSA) is 80.1 Å². The van der Waals surface area contributed by atoms with Gasteiger partial charge in [0.1, 0.15) is 23.0 Å².